The molecule has 0 radical (unpaired) electrons. The first-order valence-electron chi connectivity index (χ1n) is 6.56. The van der Waals surface area contributed by atoms with E-state index in [1.807, 2.05) is 6.07 Å². The largest absolute Gasteiger partial charge is 0.465 e. The molecule has 1 N–H and O–H groups in total. The number of amides is 1. The predicted molar refractivity (Wildman–Crippen MR) is 80.6 cm³/mol. The van der Waals surface area contributed by atoms with Gasteiger partial charge in [0.05, 0.1) is 12.7 Å². The first kappa shape index (κ1) is 16.8. The topological polar surface area (TPSA) is 64.6 Å². The van der Waals surface area contributed by atoms with Gasteiger partial charge in [-0.05, 0) is 38.0 Å². The van der Waals surface area contributed by atoms with Crippen LogP contribution < -0.4 is 5.32 Å². The number of hydrogen-bond acceptors (Lipinski definition) is 4. The van der Waals surface area contributed by atoms with Crippen LogP contribution >= 0.6 is 0 Å². The fourth-order valence-corrected chi connectivity index (χ4v) is 1.60. The molecule has 1 amide bonds. The highest BCUT2D eigenvalue weighted by Crippen LogP contribution is 2.15. The standard InChI is InChI=1S/C16H21NO4/c1-11(14(18)20-5)13-8-6-7-12(9-13)10-17-15(19)21-16(2,3)4/h6-9H,1,10H2,2-5H3,(H,17,19). The Balaban J connectivity index is 2.67. The summed E-state index contributed by atoms with van der Waals surface area (Å²) in [4.78, 5) is 23.0. The van der Waals surface area contributed by atoms with Crippen molar-refractivity contribution in [2.45, 2.75) is 32.9 Å². The monoisotopic (exact) mass is 291 g/mol. The van der Waals surface area contributed by atoms with Gasteiger partial charge in [-0.15, -0.1) is 0 Å². The van der Waals surface area contributed by atoms with Crippen molar-refractivity contribution in [2.75, 3.05) is 7.11 Å². The van der Waals surface area contributed by atoms with Crippen molar-refractivity contribution >= 4 is 17.6 Å². The number of carbonyl (C=O) groups excluding carboxylic acids is 2. The molecule has 1 aromatic rings. The van der Waals surface area contributed by atoms with Gasteiger partial charge in [-0.25, -0.2) is 9.59 Å². The molecule has 0 spiro atoms. The van der Waals surface area contributed by atoms with Gasteiger partial charge in [0, 0.05) is 6.54 Å². The molecule has 1 aromatic carbocycles. The van der Waals surface area contributed by atoms with Gasteiger partial charge >= 0.3 is 12.1 Å². The summed E-state index contributed by atoms with van der Waals surface area (Å²) in [6.07, 6.45) is -0.486. The highest BCUT2D eigenvalue weighted by molar-refractivity contribution is 6.15. The first-order chi connectivity index (χ1) is 9.73. The van der Waals surface area contributed by atoms with Crippen LogP contribution in [0.3, 0.4) is 0 Å². The van der Waals surface area contributed by atoms with Crippen molar-refractivity contribution in [1.82, 2.24) is 5.32 Å². The maximum atomic E-state index is 11.6. The molecular weight excluding hydrogens is 270 g/mol. The van der Waals surface area contributed by atoms with Crippen LogP contribution in [-0.4, -0.2) is 24.8 Å². The lowest BCUT2D eigenvalue weighted by Gasteiger charge is -2.19. The summed E-state index contributed by atoms with van der Waals surface area (Å²) in [5.41, 5.74) is 1.23. The maximum Gasteiger partial charge on any atom is 0.407 e. The molecule has 5 nitrogen and oxygen atoms in total. The minimum absolute atomic E-state index is 0.275. The van der Waals surface area contributed by atoms with Crippen LogP contribution in [0.15, 0.2) is 30.8 Å². The minimum Gasteiger partial charge on any atom is -0.465 e. The fraction of sp³-hybridized carbons (Fsp3) is 0.375. The molecule has 0 aliphatic heterocycles. The fourth-order valence-electron chi connectivity index (χ4n) is 1.60. The number of ether oxygens (including phenoxy) is 2. The van der Waals surface area contributed by atoms with E-state index in [4.69, 9.17) is 4.74 Å². The van der Waals surface area contributed by atoms with Crippen molar-refractivity contribution in [3.05, 3.63) is 42.0 Å². The summed E-state index contributed by atoms with van der Waals surface area (Å²) in [6, 6.07) is 7.16. The molecule has 0 unspecified atom stereocenters. The van der Waals surface area contributed by atoms with Gasteiger partial charge in [0.25, 0.3) is 0 Å². The van der Waals surface area contributed by atoms with E-state index in [1.54, 1.807) is 39.0 Å². The lowest BCUT2D eigenvalue weighted by molar-refractivity contribution is -0.133. The van der Waals surface area contributed by atoms with Gasteiger partial charge in [-0.1, -0.05) is 24.8 Å². The van der Waals surface area contributed by atoms with Gasteiger partial charge in [0.2, 0.25) is 0 Å². The van der Waals surface area contributed by atoms with Crippen LogP contribution in [0, 0.1) is 0 Å². The third-order valence-electron chi connectivity index (χ3n) is 2.54. The van der Waals surface area contributed by atoms with E-state index in [0.29, 0.717) is 12.1 Å². The molecule has 0 heterocycles. The Hall–Kier alpha value is -2.30. The number of alkyl carbamates (subject to hydrolysis) is 1. The Morgan fingerprint density at radius 1 is 1.29 bits per heavy atom. The van der Waals surface area contributed by atoms with Gasteiger partial charge in [-0.3, -0.25) is 0 Å². The Kier molecular flexibility index (Phi) is 5.52. The molecule has 0 atom stereocenters. The molecule has 0 aliphatic rings. The summed E-state index contributed by atoms with van der Waals surface area (Å²) >= 11 is 0. The maximum absolute atomic E-state index is 11.6. The third kappa shape index (κ3) is 5.69. The van der Waals surface area contributed by atoms with Crippen molar-refractivity contribution in [3.8, 4) is 0 Å². The van der Waals surface area contributed by atoms with Gasteiger partial charge in [0.1, 0.15) is 5.60 Å². The molecule has 21 heavy (non-hydrogen) atoms. The normalized spacial score (nSPS) is 10.7. The molecule has 0 bridgehead atoms. The molecule has 114 valence electrons. The summed E-state index contributed by atoms with van der Waals surface area (Å²) in [6.45, 7) is 9.39. The van der Waals surface area contributed by atoms with E-state index in [1.165, 1.54) is 7.11 Å². The van der Waals surface area contributed by atoms with Crippen LogP contribution in [0.25, 0.3) is 5.57 Å². The molecule has 0 saturated carbocycles. The molecule has 0 aromatic heterocycles. The molecule has 0 fully saturated rings. The van der Waals surface area contributed by atoms with E-state index in [2.05, 4.69) is 16.6 Å². The predicted octanol–water partition coefficient (Wildman–Crippen LogP) is 2.90. The van der Waals surface area contributed by atoms with E-state index < -0.39 is 17.7 Å². The number of carbonyl (C=O) groups is 2. The van der Waals surface area contributed by atoms with Crippen molar-refractivity contribution in [2.24, 2.45) is 0 Å². The van der Waals surface area contributed by atoms with Gasteiger partial charge < -0.3 is 14.8 Å². The molecule has 0 saturated heterocycles. The number of esters is 1. The van der Waals surface area contributed by atoms with E-state index in [0.717, 1.165) is 5.56 Å². The highest BCUT2D eigenvalue weighted by atomic mass is 16.6. The van der Waals surface area contributed by atoms with Crippen molar-refractivity contribution in [3.63, 3.8) is 0 Å². The Bertz CT molecular complexity index is 543. The van der Waals surface area contributed by atoms with Crippen LogP contribution in [0.1, 0.15) is 31.9 Å². The van der Waals surface area contributed by atoms with Gasteiger partial charge in [-0.2, -0.15) is 0 Å². The average molecular weight is 291 g/mol. The van der Waals surface area contributed by atoms with Crippen LogP contribution in [0.5, 0.6) is 0 Å². The molecule has 1 rings (SSSR count). The smallest absolute Gasteiger partial charge is 0.407 e. The second kappa shape index (κ2) is 6.92. The average Bonchev–Trinajstić information content (AvgIpc) is 2.42. The SMILES string of the molecule is C=C(C(=O)OC)c1cccc(CNC(=O)OC(C)(C)C)c1. The summed E-state index contributed by atoms with van der Waals surface area (Å²) in [5, 5.41) is 2.66. The highest BCUT2D eigenvalue weighted by Gasteiger charge is 2.16. The lowest BCUT2D eigenvalue weighted by atomic mass is 10.0. The number of methoxy groups -OCH3 is 1. The lowest BCUT2D eigenvalue weighted by Crippen LogP contribution is -2.32. The second-order valence-corrected chi connectivity index (χ2v) is 5.53. The van der Waals surface area contributed by atoms with Crippen LogP contribution in [-0.2, 0) is 20.8 Å². The summed E-state index contributed by atoms with van der Waals surface area (Å²) < 4.78 is 9.78. The molecule has 0 aliphatic carbocycles. The minimum atomic E-state index is -0.537. The zero-order chi connectivity index (χ0) is 16.0. The van der Waals surface area contributed by atoms with E-state index in [9.17, 15) is 9.59 Å². The number of hydrogen-bond donors (Lipinski definition) is 1. The number of nitrogens with one attached hydrogen (secondary N) is 1. The van der Waals surface area contributed by atoms with Crippen molar-refractivity contribution < 1.29 is 19.1 Å². The van der Waals surface area contributed by atoms with E-state index in [-0.39, 0.29) is 5.57 Å². The van der Waals surface area contributed by atoms with E-state index >= 15 is 0 Å². The Morgan fingerprint density at radius 3 is 2.52 bits per heavy atom. The van der Waals surface area contributed by atoms with Crippen LogP contribution in [0.4, 0.5) is 4.79 Å². The Morgan fingerprint density at radius 2 is 1.95 bits per heavy atom. The summed E-state index contributed by atoms with van der Waals surface area (Å²) in [7, 11) is 1.31. The number of benzene rings is 1. The Labute approximate surface area is 124 Å². The first-order valence-corrected chi connectivity index (χ1v) is 6.56. The van der Waals surface area contributed by atoms with Crippen molar-refractivity contribution in [1.29, 1.82) is 0 Å². The van der Waals surface area contributed by atoms with Gasteiger partial charge in [0.15, 0.2) is 0 Å². The second-order valence-electron chi connectivity index (χ2n) is 5.53. The molecular formula is C16H21NO4. The third-order valence-corrected chi connectivity index (χ3v) is 2.54. The zero-order valence-electron chi connectivity index (χ0n) is 12.9. The zero-order valence-corrected chi connectivity index (χ0v) is 12.9. The quantitative estimate of drug-likeness (QED) is 0.684. The summed E-state index contributed by atoms with van der Waals surface area (Å²) in [5.74, 6) is -0.479. The van der Waals surface area contributed by atoms with Crippen LogP contribution in [0.2, 0.25) is 0 Å². The molecule has 5 heteroatoms. The number of rotatable bonds is 4.